The van der Waals surface area contributed by atoms with E-state index >= 15 is 0 Å². The second-order valence-corrected chi connectivity index (χ2v) is 7.70. The summed E-state index contributed by atoms with van der Waals surface area (Å²) in [5, 5.41) is 7.79. The van der Waals surface area contributed by atoms with Gasteiger partial charge in [-0.25, -0.2) is 0 Å². The number of methoxy groups -OCH3 is 1. The van der Waals surface area contributed by atoms with E-state index < -0.39 is 0 Å². The van der Waals surface area contributed by atoms with Gasteiger partial charge in [-0.1, -0.05) is 11.6 Å². The third kappa shape index (κ3) is 4.74. The van der Waals surface area contributed by atoms with Crippen LogP contribution in [0.3, 0.4) is 0 Å². The Balaban J connectivity index is 1.52. The van der Waals surface area contributed by atoms with Crippen LogP contribution in [0, 0.1) is 5.92 Å². The van der Waals surface area contributed by atoms with Crippen molar-refractivity contribution in [2.24, 2.45) is 10.9 Å². The van der Waals surface area contributed by atoms with Gasteiger partial charge in [-0.2, -0.15) is 0 Å². The molecular weight excluding hydrogens is 350 g/mol. The molecule has 0 saturated carbocycles. The molecule has 2 aliphatic heterocycles. The number of hydrogen-bond donors (Lipinski definition) is 2. The maximum Gasteiger partial charge on any atom is 0.191 e. The van der Waals surface area contributed by atoms with E-state index in [4.69, 9.17) is 16.3 Å². The van der Waals surface area contributed by atoms with Crippen molar-refractivity contribution in [1.29, 1.82) is 0 Å². The first-order chi connectivity index (χ1) is 12.6. The summed E-state index contributed by atoms with van der Waals surface area (Å²) in [7, 11) is 5.72. The topological polar surface area (TPSA) is 52.1 Å². The zero-order valence-corrected chi connectivity index (χ0v) is 16.7. The monoisotopic (exact) mass is 379 g/mol. The number of nitrogens with zero attached hydrogens (tertiary/aromatic N) is 3. The molecule has 0 aromatic heterocycles. The van der Waals surface area contributed by atoms with E-state index in [2.05, 4.69) is 32.5 Å². The second kappa shape index (κ2) is 8.82. The Morgan fingerprint density at radius 3 is 2.85 bits per heavy atom. The average Bonchev–Trinajstić information content (AvgIpc) is 3.27. The van der Waals surface area contributed by atoms with Crippen LogP contribution >= 0.6 is 11.6 Å². The Labute approximate surface area is 161 Å². The minimum absolute atomic E-state index is 0.358. The lowest BCUT2D eigenvalue weighted by Gasteiger charge is -2.23. The van der Waals surface area contributed by atoms with Gasteiger partial charge in [0, 0.05) is 44.3 Å². The third-order valence-corrected chi connectivity index (χ3v) is 5.52. The van der Waals surface area contributed by atoms with Crippen LogP contribution in [0.4, 0.5) is 5.69 Å². The molecule has 3 rings (SSSR count). The number of rotatable bonds is 5. The van der Waals surface area contributed by atoms with Crippen LogP contribution in [0.1, 0.15) is 12.8 Å². The lowest BCUT2D eigenvalue weighted by atomic mass is 10.1. The van der Waals surface area contributed by atoms with Crippen LogP contribution in [-0.4, -0.2) is 70.8 Å². The van der Waals surface area contributed by atoms with E-state index in [1.807, 2.05) is 25.2 Å². The number of anilines is 1. The molecule has 2 N–H and O–H groups in total. The van der Waals surface area contributed by atoms with E-state index in [0.717, 1.165) is 55.0 Å². The number of halogens is 1. The summed E-state index contributed by atoms with van der Waals surface area (Å²) >= 11 is 6.18. The minimum atomic E-state index is 0.358. The van der Waals surface area contributed by atoms with Gasteiger partial charge >= 0.3 is 0 Å². The van der Waals surface area contributed by atoms with Crippen LogP contribution < -0.4 is 20.3 Å². The molecule has 26 heavy (non-hydrogen) atoms. The zero-order valence-electron chi connectivity index (χ0n) is 16.0. The zero-order chi connectivity index (χ0) is 18.5. The summed E-state index contributed by atoms with van der Waals surface area (Å²) in [6.45, 7) is 5.21. The third-order valence-electron chi connectivity index (χ3n) is 5.28. The molecule has 2 atom stereocenters. The Bertz CT molecular complexity index is 638. The SMILES string of the molecule is CN=C(NCC1CCN(C)C1)NC1CCN(c2cc(Cl)ccc2OC)C1. The van der Waals surface area contributed by atoms with Gasteiger partial charge < -0.3 is 25.2 Å². The van der Waals surface area contributed by atoms with Crippen LogP contribution in [0.15, 0.2) is 23.2 Å². The highest BCUT2D eigenvalue weighted by Crippen LogP contribution is 2.33. The maximum absolute atomic E-state index is 6.18. The highest BCUT2D eigenvalue weighted by Gasteiger charge is 2.26. The van der Waals surface area contributed by atoms with Crippen molar-refractivity contribution in [2.75, 3.05) is 58.8 Å². The van der Waals surface area contributed by atoms with Gasteiger partial charge in [0.2, 0.25) is 0 Å². The van der Waals surface area contributed by atoms with Gasteiger partial charge in [0.25, 0.3) is 0 Å². The molecule has 2 aliphatic rings. The van der Waals surface area contributed by atoms with E-state index in [9.17, 15) is 0 Å². The molecule has 0 spiro atoms. The first-order valence-electron chi connectivity index (χ1n) is 9.33. The van der Waals surface area contributed by atoms with Gasteiger partial charge in [0.05, 0.1) is 12.8 Å². The molecule has 2 unspecified atom stereocenters. The smallest absolute Gasteiger partial charge is 0.191 e. The predicted octanol–water partition coefficient (Wildman–Crippen LogP) is 2.04. The van der Waals surface area contributed by atoms with Crippen molar-refractivity contribution >= 4 is 23.2 Å². The van der Waals surface area contributed by atoms with Gasteiger partial charge in [0.15, 0.2) is 5.96 Å². The number of nitrogens with one attached hydrogen (secondary N) is 2. The predicted molar refractivity (Wildman–Crippen MR) is 109 cm³/mol. The molecule has 2 heterocycles. The molecule has 0 amide bonds. The van der Waals surface area contributed by atoms with Gasteiger partial charge in [-0.15, -0.1) is 0 Å². The molecular formula is C19H30ClN5O. The highest BCUT2D eigenvalue weighted by atomic mass is 35.5. The molecule has 0 radical (unpaired) electrons. The van der Waals surface area contributed by atoms with E-state index in [0.29, 0.717) is 12.0 Å². The fourth-order valence-corrected chi connectivity index (χ4v) is 4.00. The molecule has 144 valence electrons. The van der Waals surface area contributed by atoms with E-state index in [-0.39, 0.29) is 0 Å². The first-order valence-corrected chi connectivity index (χ1v) is 9.71. The standard InChI is InChI=1S/C19H30ClN5O/c1-21-19(22-11-14-6-8-24(2)12-14)23-16-7-9-25(13-16)17-10-15(20)4-5-18(17)26-3/h4-5,10,14,16H,6-9,11-13H2,1-3H3,(H2,21,22,23). The van der Waals surface area contributed by atoms with Crippen molar-refractivity contribution in [3.63, 3.8) is 0 Å². The number of benzene rings is 1. The summed E-state index contributed by atoms with van der Waals surface area (Å²) in [6.07, 6.45) is 2.31. The summed E-state index contributed by atoms with van der Waals surface area (Å²) < 4.78 is 5.49. The summed E-state index contributed by atoms with van der Waals surface area (Å²) in [5.41, 5.74) is 1.06. The fourth-order valence-electron chi connectivity index (χ4n) is 3.83. The van der Waals surface area contributed by atoms with E-state index in [1.54, 1.807) is 7.11 Å². The molecule has 0 aliphatic carbocycles. The largest absolute Gasteiger partial charge is 0.495 e. The fraction of sp³-hybridized carbons (Fsp3) is 0.632. The molecule has 2 fully saturated rings. The number of guanidine groups is 1. The second-order valence-electron chi connectivity index (χ2n) is 7.26. The maximum atomic E-state index is 6.18. The Hall–Kier alpha value is -1.66. The minimum Gasteiger partial charge on any atom is -0.495 e. The Morgan fingerprint density at radius 1 is 1.31 bits per heavy atom. The van der Waals surface area contributed by atoms with Crippen LogP contribution in [0.5, 0.6) is 5.75 Å². The Morgan fingerprint density at radius 2 is 2.15 bits per heavy atom. The number of hydrogen-bond acceptors (Lipinski definition) is 4. The van der Waals surface area contributed by atoms with Crippen molar-refractivity contribution in [3.8, 4) is 5.75 Å². The molecule has 7 heteroatoms. The molecule has 6 nitrogen and oxygen atoms in total. The molecule has 2 saturated heterocycles. The summed E-state index contributed by atoms with van der Waals surface area (Å²) in [6, 6.07) is 6.13. The normalized spacial score (nSPS) is 24.2. The van der Waals surface area contributed by atoms with Crippen molar-refractivity contribution < 1.29 is 4.74 Å². The van der Waals surface area contributed by atoms with Crippen molar-refractivity contribution in [3.05, 3.63) is 23.2 Å². The lowest BCUT2D eigenvalue weighted by Crippen LogP contribution is -2.46. The first kappa shape index (κ1) is 19.1. The van der Waals surface area contributed by atoms with Crippen LogP contribution in [0.25, 0.3) is 0 Å². The molecule has 0 bridgehead atoms. The van der Waals surface area contributed by atoms with Crippen LogP contribution in [0.2, 0.25) is 5.02 Å². The highest BCUT2D eigenvalue weighted by molar-refractivity contribution is 6.30. The Kier molecular flexibility index (Phi) is 6.48. The number of aliphatic imine (C=N–C) groups is 1. The number of ether oxygens (including phenoxy) is 1. The summed E-state index contributed by atoms with van der Waals surface area (Å²) in [4.78, 5) is 9.10. The van der Waals surface area contributed by atoms with Crippen molar-refractivity contribution in [2.45, 2.75) is 18.9 Å². The molecule has 1 aromatic carbocycles. The average molecular weight is 380 g/mol. The van der Waals surface area contributed by atoms with Crippen LogP contribution in [-0.2, 0) is 0 Å². The van der Waals surface area contributed by atoms with Crippen molar-refractivity contribution in [1.82, 2.24) is 15.5 Å². The quantitative estimate of drug-likeness (QED) is 0.605. The number of likely N-dealkylation sites (tertiary alicyclic amines) is 1. The van der Waals surface area contributed by atoms with E-state index in [1.165, 1.54) is 13.0 Å². The lowest BCUT2D eigenvalue weighted by molar-refractivity contribution is 0.393. The van der Waals surface area contributed by atoms with Gasteiger partial charge in [-0.05, 0) is 50.6 Å². The van der Waals surface area contributed by atoms with Gasteiger partial charge in [-0.3, -0.25) is 4.99 Å². The summed E-state index contributed by atoms with van der Waals surface area (Å²) in [5.74, 6) is 2.46. The van der Waals surface area contributed by atoms with Gasteiger partial charge in [0.1, 0.15) is 5.75 Å². The molecule has 1 aromatic rings.